The van der Waals surface area contributed by atoms with E-state index in [2.05, 4.69) is 293 Å². The molecule has 6 nitrogen and oxygen atoms in total. The van der Waals surface area contributed by atoms with Crippen LogP contribution in [0.2, 0.25) is 0 Å². The van der Waals surface area contributed by atoms with Gasteiger partial charge in [0.25, 0.3) is 0 Å². The Hall–Kier alpha value is -9.95. The molecular weight excluding hydrogens is 941 g/mol. The molecule has 15 rings (SSSR count). The first-order valence-electron chi connectivity index (χ1n) is 25.9. The summed E-state index contributed by atoms with van der Waals surface area (Å²) >= 11 is 0. The minimum absolute atomic E-state index is 0.539. The Kier molecular flexibility index (Phi) is 10.1. The number of para-hydroxylation sites is 6. The van der Waals surface area contributed by atoms with Crippen LogP contribution in [0.25, 0.3) is 106 Å². The summed E-state index contributed by atoms with van der Waals surface area (Å²) in [5.74, 6) is 1.68. The first-order chi connectivity index (χ1) is 37.7. The molecule has 7 heteroatoms. The maximum Gasteiger partial charge on any atom is 0.238 e. The lowest BCUT2D eigenvalue weighted by Crippen LogP contribution is -2.74. The Labute approximate surface area is 439 Å². The molecule has 0 radical (unpaired) electrons. The summed E-state index contributed by atoms with van der Waals surface area (Å²) in [6.45, 7) is 0. The van der Waals surface area contributed by atoms with Gasteiger partial charge in [0.15, 0.2) is 19.7 Å². The van der Waals surface area contributed by atoms with Gasteiger partial charge in [-0.2, -0.15) is 9.97 Å². The van der Waals surface area contributed by atoms with E-state index in [1.807, 2.05) is 0 Å². The molecule has 0 spiro atoms. The zero-order chi connectivity index (χ0) is 50.2. The predicted molar refractivity (Wildman–Crippen MR) is 317 cm³/mol. The van der Waals surface area contributed by atoms with Crippen LogP contribution < -0.4 is 20.7 Å². The van der Waals surface area contributed by atoms with E-state index in [0.29, 0.717) is 17.6 Å². The fraction of sp³-hybridized carbons (Fsp3) is 0. The smallest absolute Gasteiger partial charge is 0.238 e. The van der Waals surface area contributed by atoms with Crippen LogP contribution in [0, 0.1) is 0 Å². The second kappa shape index (κ2) is 17.6. The van der Waals surface area contributed by atoms with Gasteiger partial charge < -0.3 is 9.13 Å². The monoisotopic (exact) mass is 986 g/mol. The predicted octanol–water partition coefficient (Wildman–Crippen LogP) is 13.9. The quantitative estimate of drug-likeness (QED) is 0.107. The highest BCUT2D eigenvalue weighted by molar-refractivity contribution is 7.19. The number of fused-ring (bicyclic) bond motifs is 9. The lowest BCUT2D eigenvalue weighted by molar-refractivity contribution is 0.952. The maximum atomic E-state index is 5.74. The molecule has 0 aliphatic carbocycles. The normalized spacial score (nSPS) is 11.9. The van der Waals surface area contributed by atoms with Crippen molar-refractivity contribution >= 4 is 94.2 Å². The summed E-state index contributed by atoms with van der Waals surface area (Å²) in [6.07, 6.45) is 0. The first-order valence-corrected chi connectivity index (χ1v) is 27.9. The molecule has 0 saturated heterocycles. The van der Waals surface area contributed by atoms with Gasteiger partial charge in [0.1, 0.15) is 0 Å². The number of hydrogen-bond acceptors (Lipinski definition) is 3. The van der Waals surface area contributed by atoms with Crippen LogP contribution in [0.1, 0.15) is 0 Å². The number of nitrogens with zero attached hydrogens (tertiary/aromatic N) is 6. The van der Waals surface area contributed by atoms with Gasteiger partial charge in [-0.15, -0.1) is 0 Å². The van der Waals surface area contributed by atoms with Gasteiger partial charge in [-0.25, -0.2) is 4.98 Å². The van der Waals surface area contributed by atoms with Crippen LogP contribution in [0.15, 0.2) is 279 Å². The average Bonchev–Trinajstić information content (AvgIpc) is 4.14. The summed E-state index contributed by atoms with van der Waals surface area (Å²) in [5, 5.41) is 12.0. The van der Waals surface area contributed by atoms with E-state index < -0.39 is 8.07 Å². The molecule has 0 amide bonds. The molecule has 76 heavy (non-hydrogen) atoms. The van der Waals surface area contributed by atoms with E-state index in [4.69, 9.17) is 15.0 Å². The van der Waals surface area contributed by atoms with E-state index in [9.17, 15) is 0 Å². The summed E-state index contributed by atoms with van der Waals surface area (Å²) in [6, 6.07) is 101. The van der Waals surface area contributed by atoms with Crippen molar-refractivity contribution in [3.05, 3.63) is 279 Å². The number of rotatable bonds is 9. The van der Waals surface area contributed by atoms with Crippen molar-refractivity contribution in [2.24, 2.45) is 0 Å². The summed E-state index contributed by atoms with van der Waals surface area (Å²) in [5.41, 5.74) is 10.3. The third kappa shape index (κ3) is 6.69. The zero-order valence-corrected chi connectivity index (χ0v) is 42.2. The molecule has 0 aliphatic rings. The highest BCUT2D eigenvalue weighted by Crippen LogP contribution is 2.42. The van der Waals surface area contributed by atoms with Crippen LogP contribution in [0.5, 0.6) is 0 Å². The summed E-state index contributed by atoms with van der Waals surface area (Å²) in [4.78, 5) is 17.1. The van der Waals surface area contributed by atoms with E-state index in [1.54, 1.807) is 0 Å². The van der Waals surface area contributed by atoms with E-state index in [1.165, 1.54) is 31.5 Å². The molecule has 4 aromatic heterocycles. The van der Waals surface area contributed by atoms with Gasteiger partial charge in [-0.1, -0.05) is 224 Å². The molecule has 0 bridgehead atoms. The van der Waals surface area contributed by atoms with Gasteiger partial charge in [0.05, 0.1) is 38.8 Å². The minimum atomic E-state index is -2.95. The topological polar surface area (TPSA) is 53.5 Å². The van der Waals surface area contributed by atoms with Crippen molar-refractivity contribution in [1.82, 2.24) is 28.7 Å². The fourth-order valence-electron chi connectivity index (χ4n) is 12.2. The number of aromatic nitrogens is 6. The molecular formula is C69H46N6Si. The third-order valence-corrected chi connectivity index (χ3v) is 20.2. The molecule has 0 unspecified atom stereocenters. The van der Waals surface area contributed by atoms with Crippen molar-refractivity contribution in [1.29, 1.82) is 0 Å². The Bertz CT molecular complexity index is 4490. The SMILES string of the molecule is c1ccc(-n2c3ccccc3c3cc(-n4c5ccccc5c5ccccc54)c(-c4nc(-c5cccc([Si](c6ccccc6)(c6ccccc6)c6ccccc6)c5)nc(-n5c6ccccc6c6ccccc65)n4)cc32)cc1. The van der Waals surface area contributed by atoms with E-state index in [0.717, 1.165) is 77.1 Å². The average molecular weight is 987 g/mol. The van der Waals surface area contributed by atoms with E-state index >= 15 is 0 Å². The third-order valence-electron chi connectivity index (χ3n) is 15.4. The fourth-order valence-corrected chi connectivity index (χ4v) is 17.0. The maximum absolute atomic E-state index is 5.74. The van der Waals surface area contributed by atoms with Gasteiger partial charge in [0.2, 0.25) is 5.95 Å². The molecule has 15 aromatic rings. The van der Waals surface area contributed by atoms with Crippen molar-refractivity contribution in [3.8, 4) is 40.1 Å². The van der Waals surface area contributed by atoms with Crippen LogP contribution >= 0.6 is 0 Å². The second-order valence-corrected chi connectivity index (χ2v) is 23.3. The molecule has 356 valence electrons. The standard InChI is InChI=1S/C69H46N6Si/c1-5-25-48(26-6-1)73-60-39-18-17-38-57(60)58-45-66(74-61-40-19-13-34-53(61)54-35-14-20-41-62(54)74)59(46-65(58)73)68-70-67(71-69(72-68)75-63-42-21-15-36-55(63)56-37-16-22-43-64(56)75)47-24-23-33-52(44-47)76(49-27-7-2-8-28-49,50-29-9-3-10-30-50)51-31-11-4-12-32-51/h1-46H. The number of benzene rings is 11. The van der Waals surface area contributed by atoms with Crippen molar-refractivity contribution in [2.45, 2.75) is 0 Å². The molecule has 0 fully saturated rings. The largest absolute Gasteiger partial charge is 0.309 e. The molecule has 0 atom stereocenters. The molecule has 0 aliphatic heterocycles. The van der Waals surface area contributed by atoms with Gasteiger partial charge in [-0.3, -0.25) is 4.57 Å². The van der Waals surface area contributed by atoms with Gasteiger partial charge in [-0.05, 0) is 75.3 Å². The van der Waals surface area contributed by atoms with Crippen LogP contribution in [0.3, 0.4) is 0 Å². The molecule has 4 heterocycles. The minimum Gasteiger partial charge on any atom is -0.309 e. The highest BCUT2D eigenvalue weighted by Gasteiger charge is 2.41. The first kappa shape index (κ1) is 43.6. The van der Waals surface area contributed by atoms with Crippen molar-refractivity contribution in [2.75, 3.05) is 0 Å². The van der Waals surface area contributed by atoms with E-state index in [-0.39, 0.29) is 0 Å². The number of hydrogen-bond donors (Lipinski definition) is 0. The molecule has 11 aromatic carbocycles. The molecule has 0 N–H and O–H groups in total. The zero-order valence-electron chi connectivity index (χ0n) is 41.2. The van der Waals surface area contributed by atoms with Gasteiger partial charge in [0, 0.05) is 49.1 Å². The Morgan fingerprint density at radius 2 is 0.658 bits per heavy atom. The highest BCUT2D eigenvalue weighted by atomic mass is 28.3. The lowest BCUT2D eigenvalue weighted by atomic mass is 10.1. The van der Waals surface area contributed by atoms with Crippen LogP contribution in [-0.2, 0) is 0 Å². The Balaban J connectivity index is 1.08. The van der Waals surface area contributed by atoms with Crippen LogP contribution in [0.4, 0.5) is 0 Å². The molecule has 0 saturated carbocycles. The second-order valence-electron chi connectivity index (χ2n) is 19.5. The lowest BCUT2D eigenvalue weighted by Gasteiger charge is -2.34. The van der Waals surface area contributed by atoms with Gasteiger partial charge >= 0.3 is 0 Å². The van der Waals surface area contributed by atoms with Crippen molar-refractivity contribution in [3.63, 3.8) is 0 Å². The Morgan fingerprint density at radius 1 is 0.263 bits per heavy atom. The summed E-state index contributed by atoms with van der Waals surface area (Å²) in [7, 11) is -2.95. The van der Waals surface area contributed by atoms with Crippen molar-refractivity contribution < 1.29 is 0 Å². The summed E-state index contributed by atoms with van der Waals surface area (Å²) < 4.78 is 7.02. The van der Waals surface area contributed by atoms with Crippen LogP contribution in [-0.4, -0.2) is 36.7 Å². The Morgan fingerprint density at radius 3 is 1.16 bits per heavy atom.